The van der Waals surface area contributed by atoms with Gasteiger partial charge >= 0.3 is 0 Å². The number of halogens is 2. The molecule has 90 valence electrons. The summed E-state index contributed by atoms with van der Waals surface area (Å²) in [5.41, 5.74) is 11.2. The fraction of sp³-hybridized carbons (Fsp3) is 0.455. The number of hydrogen-bond acceptors (Lipinski definition) is 3. The van der Waals surface area contributed by atoms with Gasteiger partial charge in [-0.3, -0.25) is 0 Å². The molecular formula is C11H16F2N2O. The lowest BCUT2D eigenvalue weighted by Gasteiger charge is -2.26. The van der Waals surface area contributed by atoms with Crippen molar-refractivity contribution in [2.75, 3.05) is 6.54 Å². The molecule has 0 aromatic heterocycles. The van der Waals surface area contributed by atoms with Crippen LogP contribution in [-0.2, 0) is 6.42 Å². The molecule has 0 heterocycles. The molecule has 0 aliphatic carbocycles. The third-order valence-electron chi connectivity index (χ3n) is 2.42. The number of aliphatic hydroxyl groups excluding tert-OH is 1. The molecule has 5 N–H and O–H groups in total. The topological polar surface area (TPSA) is 72.3 Å². The third kappa shape index (κ3) is 3.23. The van der Waals surface area contributed by atoms with Gasteiger partial charge in [-0.2, -0.15) is 0 Å². The zero-order valence-corrected chi connectivity index (χ0v) is 8.81. The van der Waals surface area contributed by atoms with Crippen molar-refractivity contribution < 1.29 is 13.9 Å². The fourth-order valence-corrected chi connectivity index (χ4v) is 1.43. The van der Waals surface area contributed by atoms with E-state index in [1.807, 2.05) is 6.07 Å². The van der Waals surface area contributed by atoms with Crippen LogP contribution < -0.4 is 11.5 Å². The molecule has 3 nitrogen and oxygen atoms in total. The lowest BCUT2D eigenvalue weighted by atomic mass is 9.98. The van der Waals surface area contributed by atoms with E-state index >= 15 is 0 Å². The maximum Gasteiger partial charge on any atom is 0.286 e. The van der Waals surface area contributed by atoms with Crippen LogP contribution in [0.5, 0.6) is 0 Å². The summed E-state index contributed by atoms with van der Waals surface area (Å²) in [6, 6.07) is 7.91. The standard InChI is InChI=1S/C11H16F2N2O/c12-11(13,7-14)10(16)9(15)6-8-4-2-1-3-5-8/h1-5,9-10,16H,6-7,14-15H2. The zero-order chi connectivity index (χ0) is 12.2. The van der Waals surface area contributed by atoms with Crippen molar-refractivity contribution in [3.8, 4) is 0 Å². The van der Waals surface area contributed by atoms with Crippen molar-refractivity contribution in [2.24, 2.45) is 11.5 Å². The van der Waals surface area contributed by atoms with Crippen molar-refractivity contribution in [3.05, 3.63) is 35.9 Å². The van der Waals surface area contributed by atoms with E-state index in [9.17, 15) is 13.9 Å². The van der Waals surface area contributed by atoms with E-state index in [1.54, 1.807) is 24.3 Å². The second kappa shape index (κ2) is 5.34. The van der Waals surface area contributed by atoms with Crippen LogP contribution in [0.15, 0.2) is 30.3 Å². The summed E-state index contributed by atoms with van der Waals surface area (Å²) in [4.78, 5) is 0. The lowest BCUT2D eigenvalue weighted by Crippen LogP contribution is -2.51. The van der Waals surface area contributed by atoms with Gasteiger partial charge in [0.05, 0.1) is 6.54 Å². The number of nitrogens with two attached hydrogens (primary N) is 2. The summed E-state index contributed by atoms with van der Waals surface area (Å²) < 4.78 is 26.1. The minimum absolute atomic E-state index is 0.192. The first kappa shape index (κ1) is 13.0. The Morgan fingerprint density at radius 3 is 2.31 bits per heavy atom. The summed E-state index contributed by atoms with van der Waals surface area (Å²) in [5.74, 6) is -3.34. The van der Waals surface area contributed by atoms with Crippen LogP contribution in [0.4, 0.5) is 8.78 Å². The smallest absolute Gasteiger partial charge is 0.286 e. The molecule has 1 rings (SSSR count). The Morgan fingerprint density at radius 1 is 1.25 bits per heavy atom. The summed E-state index contributed by atoms with van der Waals surface area (Å²) in [5, 5.41) is 9.35. The van der Waals surface area contributed by atoms with E-state index in [0.717, 1.165) is 5.56 Å². The molecule has 0 amide bonds. The van der Waals surface area contributed by atoms with Gasteiger partial charge in [-0.25, -0.2) is 8.78 Å². The van der Waals surface area contributed by atoms with Crippen molar-refractivity contribution in [1.29, 1.82) is 0 Å². The van der Waals surface area contributed by atoms with Crippen LogP contribution in [0.3, 0.4) is 0 Å². The monoisotopic (exact) mass is 230 g/mol. The molecule has 2 atom stereocenters. The highest BCUT2D eigenvalue weighted by Crippen LogP contribution is 2.20. The first-order chi connectivity index (χ1) is 7.47. The Labute approximate surface area is 93.1 Å². The van der Waals surface area contributed by atoms with Crippen LogP contribution in [0.25, 0.3) is 0 Å². The number of hydrogen-bond donors (Lipinski definition) is 3. The molecule has 0 radical (unpaired) electrons. The zero-order valence-electron chi connectivity index (χ0n) is 8.81. The molecule has 0 spiro atoms. The lowest BCUT2D eigenvalue weighted by molar-refractivity contribution is -0.109. The van der Waals surface area contributed by atoms with Crippen LogP contribution in [0.1, 0.15) is 5.56 Å². The van der Waals surface area contributed by atoms with Gasteiger partial charge in [-0.1, -0.05) is 30.3 Å². The van der Waals surface area contributed by atoms with Gasteiger partial charge < -0.3 is 16.6 Å². The molecule has 0 saturated heterocycles. The van der Waals surface area contributed by atoms with Gasteiger partial charge in [0.25, 0.3) is 5.92 Å². The average molecular weight is 230 g/mol. The van der Waals surface area contributed by atoms with E-state index < -0.39 is 24.6 Å². The highest BCUT2D eigenvalue weighted by atomic mass is 19.3. The fourth-order valence-electron chi connectivity index (χ4n) is 1.43. The molecule has 0 saturated carbocycles. The van der Waals surface area contributed by atoms with Gasteiger partial charge in [0.2, 0.25) is 0 Å². The Morgan fingerprint density at radius 2 is 1.81 bits per heavy atom. The van der Waals surface area contributed by atoms with Crippen molar-refractivity contribution in [1.82, 2.24) is 0 Å². The minimum Gasteiger partial charge on any atom is -0.385 e. The van der Waals surface area contributed by atoms with Crippen molar-refractivity contribution in [3.63, 3.8) is 0 Å². The van der Waals surface area contributed by atoms with Gasteiger partial charge in [0.1, 0.15) is 6.10 Å². The Balaban J connectivity index is 2.62. The normalized spacial score (nSPS) is 15.8. The average Bonchev–Trinajstić information content (AvgIpc) is 2.29. The number of rotatable bonds is 5. The largest absolute Gasteiger partial charge is 0.385 e. The minimum atomic E-state index is -3.34. The molecule has 1 aromatic carbocycles. The summed E-state index contributed by atoms with van der Waals surface area (Å²) in [6.07, 6.45) is -1.73. The molecule has 16 heavy (non-hydrogen) atoms. The van der Waals surface area contributed by atoms with E-state index in [0.29, 0.717) is 0 Å². The van der Waals surface area contributed by atoms with Crippen LogP contribution in [-0.4, -0.2) is 29.7 Å². The highest BCUT2D eigenvalue weighted by Gasteiger charge is 2.40. The van der Waals surface area contributed by atoms with Crippen LogP contribution in [0, 0.1) is 0 Å². The van der Waals surface area contributed by atoms with Gasteiger partial charge in [-0.05, 0) is 12.0 Å². The third-order valence-corrected chi connectivity index (χ3v) is 2.42. The maximum absolute atomic E-state index is 13.0. The molecule has 0 fully saturated rings. The highest BCUT2D eigenvalue weighted by molar-refractivity contribution is 5.16. The van der Waals surface area contributed by atoms with Crippen LogP contribution in [0.2, 0.25) is 0 Å². The maximum atomic E-state index is 13.0. The summed E-state index contributed by atoms with van der Waals surface area (Å²) in [7, 11) is 0. The summed E-state index contributed by atoms with van der Waals surface area (Å²) in [6.45, 7) is -0.906. The first-order valence-corrected chi connectivity index (χ1v) is 5.03. The molecule has 1 aromatic rings. The predicted molar refractivity (Wildman–Crippen MR) is 58.1 cm³/mol. The molecule has 0 aliphatic heterocycles. The van der Waals surface area contributed by atoms with Gasteiger partial charge in [-0.15, -0.1) is 0 Å². The second-order valence-corrected chi connectivity index (χ2v) is 3.76. The quantitative estimate of drug-likeness (QED) is 0.690. The van der Waals surface area contributed by atoms with E-state index in [-0.39, 0.29) is 6.42 Å². The first-order valence-electron chi connectivity index (χ1n) is 5.03. The molecule has 5 heteroatoms. The number of benzene rings is 1. The van der Waals surface area contributed by atoms with Crippen molar-refractivity contribution >= 4 is 0 Å². The second-order valence-electron chi connectivity index (χ2n) is 3.76. The molecule has 2 unspecified atom stereocenters. The number of alkyl halides is 2. The van der Waals surface area contributed by atoms with Gasteiger partial charge in [0.15, 0.2) is 0 Å². The number of aliphatic hydroxyl groups is 1. The Bertz CT molecular complexity index is 319. The van der Waals surface area contributed by atoms with E-state index in [4.69, 9.17) is 11.5 Å². The van der Waals surface area contributed by atoms with Gasteiger partial charge in [0, 0.05) is 6.04 Å². The van der Waals surface area contributed by atoms with E-state index in [2.05, 4.69) is 0 Å². The Kier molecular flexibility index (Phi) is 4.35. The van der Waals surface area contributed by atoms with E-state index in [1.165, 1.54) is 0 Å². The van der Waals surface area contributed by atoms with Crippen molar-refractivity contribution in [2.45, 2.75) is 24.5 Å². The van der Waals surface area contributed by atoms with Crippen LogP contribution >= 0.6 is 0 Å². The molecule has 0 aliphatic rings. The Hall–Kier alpha value is -1.04. The molecule has 0 bridgehead atoms. The SMILES string of the molecule is NCC(F)(F)C(O)C(N)Cc1ccccc1. The molecular weight excluding hydrogens is 214 g/mol. The predicted octanol–water partition coefficient (Wildman–Crippen LogP) is 0.511. The summed E-state index contributed by atoms with van der Waals surface area (Å²) >= 11 is 0.